The number of nitrogens with zero attached hydrogens (tertiary/aromatic N) is 2. The molecule has 0 spiro atoms. The number of rotatable bonds is 3. The molecule has 0 fully saturated rings. The number of hydrogen-bond acceptors (Lipinski definition) is 3. The van der Waals surface area contributed by atoms with Gasteiger partial charge in [0.2, 0.25) is 0 Å². The highest BCUT2D eigenvalue weighted by molar-refractivity contribution is 5.74. The lowest BCUT2D eigenvalue weighted by molar-refractivity contribution is 0.235. The summed E-state index contributed by atoms with van der Waals surface area (Å²) in [5, 5.41) is 10.1. The zero-order valence-corrected chi connectivity index (χ0v) is 11.4. The Labute approximate surface area is 117 Å². The van der Waals surface area contributed by atoms with E-state index in [-0.39, 0.29) is 12.1 Å². The molecular formula is C14H18N4O2. The Morgan fingerprint density at radius 2 is 2.50 bits per heavy atom. The summed E-state index contributed by atoms with van der Waals surface area (Å²) in [7, 11) is 1.94. The number of aryl methyl sites for hydroxylation is 1. The van der Waals surface area contributed by atoms with Gasteiger partial charge in [-0.3, -0.25) is 4.68 Å². The fourth-order valence-electron chi connectivity index (χ4n) is 2.64. The van der Waals surface area contributed by atoms with Crippen LogP contribution in [-0.4, -0.2) is 15.8 Å². The quantitative estimate of drug-likeness (QED) is 0.897. The molecule has 1 aliphatic rings. The van der Waals surface area contributed by atoms with Crippen molar-refractivity contribution < 1.29 is 9.21 Å². The molecule has 0 bridgehead atoms. The van der Waals surface area contributed by atoms with E-state index in [4.69, 9.17) is 4.42 Å². The van der Waals surface area contributed by atoms with Crippen LogP contribution >= 0.6 is 0 Å². The Balaban J connectivity index is 1.59. The van der Waals surface area contributed by atoms with Crippen molar-refractivity contribution in [2.45, 2.75) is 31.8 Å². The third-order valence-corrected chi connectivity index (χ3v) is 3.71. The van der Waals surface area contributed by atoms with E-state index in [1.54, 1.807) is 12.5 Å². The number of nitrogens with one attached hydrogen (secondary N) is 2. The molecule has 6 heteroatoms. The molecule has 2 heterocycles. The van der Waals surface area contributed by atoms with E-state index < -0.39 is 0 Å². The summed E-state index contributed by atoms with van der Waals surface area (Å²) in [6.07, 6.45) is 8.13. The number of carbonyl (C=O) groups is 1. The van der Waals surface area contributed by atoms with E-state index in [1.807, 2.05) is 24.0 Å². The van der Waals surface area contributed by atoms with Crippen molar-refractivity contribution >= 4 is 6.03 Å². The summed E-state index contributed by atoms with van der Waals surface area (Å²) in [5.74, 6) is 0. The third kappa shape index (κ3) is 2.54. The van der Waals surface area contributed by atoms with Gasteiger partial charge >= 0.3 is 6.03 Å². The number of fused-ring (bicyclic) bond motifs is 1. The summed E-state index contributed by atoms with van der Waals surface area (Å²) in [5.41, 5.74) is 3.31. The van der Waals surface area contributed by atoms with Gasteiger partial charge in [0.15, 0.2) is 0 Å². The first-order valence-electron chi connectivity index (χ1n) is 6.80. The fraction of sp³-hybridized carbons (Fsp3) is 0.429. The number of carbonyl (C=O) groups excluding carboxylic acids is 1. The Hall–Kier alpha value is -2.24. The van der Waals surface area contributed by atoms with Crippen LogP contribution in [0.4, 0.5) is 4.79 Å². The second-order valence-corrected chi connectivity index (χ2v) is 5.07. The van der Waals surface area contributed by atoms with Crippen LogP contribution < -0.4 is 10.6 Å². The SMILES string of the molecule is Cn1ncc2c1CCCC2NC(=O)NCc1ccoc1. The second-order valence-electron chi connectivity index (χ2n) is 5.07. The van der Waals surface area contributed by atoms with E-state index in [9.17, 15) is 4.79 Å². The molecule has 0 aromatic carbocycles. The molecule has 6 nitrogen and oxygen atoms in total. The topological polar surface area (TPSA) is 72.1 Å². The van der Waals surface area contributed by atoms with Crippen molar-refractivity contribution in [2.75, 3.05) is 0 Å². The molecular weight excluding hydrogens is 256 g/mol. The van der Waals surface area contributed by atoms with Crippen LogP contribution in [0, 0.1) is 0 Å². The van der Waals surface area contributed by atoms with Crippen LogP contribution in [-0.2, 0) is 20.0 Å². The largest absolute Gasteiger partial charge is 0.472 e. The smallest absolute Gasteiger partial charge is 0.315 e. The lowest BCUT2D eigenvalue weighted by atomic mass is 9.93. The molecule has 1 aliphatic carbocycles. The standard InChI is InChI=1S/C14H18N4O2/c1-18-13-4-2-3-12(11(13)8-16-18)17-14(19)15-7-10-5-6-20-9-10/h5-6,8-9,12H,2-4,7H2,1H3,(H2,15,17,19). The first kappa shape index (κ1) is 12.8. The van der Waals surface area contributed by atoms with Crippen molar-refractivity contribution in [3.05, 3.63) is 41.6 Å². The van der Waals surface area contributed by atoms with Gasteiger partial charge in [-0.1, -0.05) is 0 Å². The molecule has 2 aromatic heterocycles. The van der Waals surface area contributed by atoms with E-state index in [1.165, 1.54) is 5.69 Å². The molecule has 2 amide bonds. The number of furan rings is 1. The van der Waals surface area contributed by atoms with Crippen molar-refractivity contribution in [1.82, 2.24) is 20.4 Å². The third-order valence-electron chi connectivity index (χ3n) is 3.71. The molecule has 20 heavy (non-hydrogen) atoms. The molecule has 0 radical (unpaired) electrons. The van der Waals surface area contributed by atoms with Crippen LogP contribution in [0.5, 0.6) is 0 Å². The number of hydrogen-bond donors (Lipinski definition) is 2. The lowest BCUT2D eigenvalue weighted by Crippen LogP contribution is -2.38. The van der Waals surface area contributed by atoms with Crippen LogP contribution in [0.2, 0.25) is 0 Å². The minimum Gasteiger partial charge on any atom is -0.472 e. The van der Waals surface area contributed by atoms with E-state index in [0.29, 0.717) is 6.54 Å². The van der Waals surface area contributed by atoms with Gasteiger partial charge in [0.1, 0.15) is 0 Å². The van der Waals surface area contributed by atoms with Crippen LogP contribution in [0.3, 0.4) is 0 Å². The Kier molecular flexibility index (Phi) is 3.45. The first-order chi connectivity index (χ1) is 9.74. The second kappa shape index (κ2) is 5.40. The maximum atomic E-state index is 11.9. The molecule has 2 N–H and O–H groups in total. The van der Waals surface area contributed by atoms with Gasteiger partial charge < -0.3 is 15.1 Å². The van der Waals surface area contributed by atoms with Gasteiger partial charge in [-0.15, -0.1) is 0 Å². The number of aromatic nitrogens is 2. The average molecular weight is 274 g/mol. The Bertz CT molecular complexity index is 588. The Morgan fingerprint density at radius 3 is 3.30 bits per heavy atom. The van der Waals surface area contributed by atoms with Crippen LogP contribution in [0.1, 0.15) is 35.7 Å². The van der Waals surface area contributed by atoms with Crippen molar-refractivity contribution in [3.8, 4) is 0 Å². The molecule has 0 saturated heterocycles. The minimum absolute atomic E-state index is 0.0526. The van der Waals surface area contributed by atoms with Gasteiger partial charge in [-0.05, 0) is 25.3 Å². The predicted octanol–water partition coefficient (Wildman–Crippen LogP) is 1.89. The molecule has 0 aliphatic heterocycles. The van der Waals surface area contributed by atoms with Gasteiger partial charge in [0.25, 0.3) is 0 Å². The molecule has 3 rings (SSSR count). The highest BCUT2D eigenvalue weighted by Gasteiger charge is 2.24. The van der Waals surface area contributed by atoms with E-state index in [0.717, 1.165) is 30.4 Å². The number of amides is 2. The zero-order chi connectivity index (χ0) is 13.9. The van der Waals surface area contributed by atoms with Crippen LogP contribution in [0.25, 0.3) is 0 Å². The zero-order valence-electron chi connectivity index (χ0n) is 11.4. The Morgan fingerprint density at radius 1 is 1.60 bits per heavy atom. The summed E-state index contributed by atoms with van der Waals surface area (Å²) >= 11 is 0. The monoisotopic (exact) mass is 274 g/mol. The van der Waals surface area contributed by atoms with Crippen molar-refractivity contribution in [2.24, 2.45) is 7.05 Å². The van der Waals surface area contributed by atoms with Gasteiger partial charge in [-0.2, -0.15) is 5.10 Å². The summed E-state index contributed by atoms with van der Waals surface area (Å²) < 4.78 is 6.86. The maximum Gasteiger partial charge on any atom is 0.315 e. The van der Waals surface area contributed by atoms with E-state index in [2.05, 4.69) is 15.7 Å². The fourth-order valence-corrected chi connectivity index (χ4v) is 2.64. The van der Waals surface area contributed by atoms with Gasteiger partial charge in [0, 0.05) is 30.4 Å². The average Bonchev–Trinajstić information content (AvgIpc) is 3.08. The van der Waals surface area contributed by atoms with Gasteiger partial charge in [0.05, 0.1) is 24.8 Å². The van der Waals surface area contributed by atoms with Crippen LogP contribution in [0.15, 0.2) is 29.2 Å². The first-order valence-corrected chi connectivity index (χ1v) is 6.80. The minimum atomic E-state index is -0.159. The lowest BCUT2D eigenvalue weighted by Gasteiger charge is -2.23. The highest BCUT2D eigenvalue weighted by atomic mass is 16.3. The molecule has 1 atom stereocenters. The van der Waals surface area contributed by atoms with Crippen molar-refractivity contribution in [3.63, 3.8) is 0 Å². The highest BCUT2D eigenvalue weighted by Crippen LogP contribution is 2.28. The molecule has 1 unspecified atom stereocenters. The van der Waals surface area contributed by atoms with E-state index >= 15 is 0 Å². The molecule has 2 aromatic rings. The summed E-state index contributed by atoms with van der Waals surface area (Å²) in [4.78, 5) is 11.9. The van der Waals surface area contributed by atoms with Gasteiger partial charge in [-0.25, -0.2) is 4.79 Å². The normalized spacial score (nSPS) is 17.6. The maximum absolute atomic E-state index is 11.9. The summed E-state index contributed by atoms with van der Waals surface area (Å²) in [6.45, 7) is 0.467. The summed E-state index contributed by atoms with van der Waals surface area (Å²) in [6, 6.07) is 1.73. The van der Waals surface area contributed by atoms with Crippen molar-refractivity contribution in [1.29, 1.82) is 0 Å². The number of urea groups is 1. The molecule has 106 valence electrons. The predicted molar refractivity (Wildman–Crippen MR) is 73.0 cm³/mol. The molecule has 0 saturated carbocycles.